The minimum atomic E-state index is -0.0540. The first-order chi connectivity index (χ1) is 9.61. The van der Waals surface area contributed by atoms with Crippen LogP contribution in [0.4, 0.5) is 0 Å². The molecule has 0 bridgehead atoms. The van der Waals surface area contributed by atoms with Crippen LogP contribution in [0.25, 0.3) is 0 Å². The lowest BCUT2D eigenvalue weighted by Gasteiger charge is -2.35. The summed E-state index contributed by atoms with van der Waals surface area (Å²) in [7, 11) is 2.12. The fraction of sp³-hybridized carbons (Fsp3) is 0.562. The Morgan fingerprint density at radius 3 is 2.35 bits per heavy atom. The maximum Gasteiger partial charge on any atom is 0.179 e. The molecule has 0 aliphatic carbocycles. The van der Waals surface area contributed by atoms with Gasteiger partial charge in [0.1, 0.15) is 5.75 Å². The van der Waals surface area contributed by atoms with Crippen LogP contribution >= 0.6 is 0 Å². The summed E-state index contributed by atoms with van der Waals surface area (Å²) in [5.41, 5.74) is 0.764. The molecule has 1 fully saturated rings. The molecule has 1 atom stereocenters. The SMILES string of the molecule is CCOc1ccc(C(=O)[C@@H](C)N2CCN(C)CC2)cc1. The monoisotopic (exact) mass is 276 g/mol. The second-order valence-electron chi connectivity index (χ2n) is 5.34. The van der Waals surface area contributed by atoms with Gasteiger partial charge in [-0.3, -0.25) is 9.69 Å². The van der Waals surface area contributed by atoms with E-state index in [1.54, 1.807) is 0 Å². The highest BCUT2D eigenvalue weighted by Gasteiger charge is 2.25. The summed E-state index contributed by atoms with van der Waals surface area (Å²) in [5.74, 6) is 1.01. The van der Waals surface area contributed by atoms with Gasteiger partial charge in [0.15, 0.2) is 5.78 Å². The van der Waals surface area contributed by atoms with Crippen LogP contribution in [0.5, 0.6) is 5.75 Å². The number of ether oxygens (including phenoxy) is 1. The van der Waals surface area contributed by atoms with Crippen LogP contribution in [0, 0.1) is 0 Å². The number of rotatable bonds is 5. The summed E-state index contributed by atoms with van der Waals surface area (Å²) in [6.07, 6.45) is 0. The van der Waals surface area contributed by atoms with Crippen molar-refractivity contribution >= 4 is 5.78 Å². The Kier molecular flexibility index (Phi) is 5.15. The molecule has 0 aromatic heterocycles. The largest absolute Gasteiger partial charge is 0.494 e. The predicted octanol–water partition coefficient (Wildman–Crippen LogP) is 1.90. The molecule has 20 heavy (non-hydrogen) atoms. The van der Waals surface area contributed by atoms with E-state index in [2.05, 4.69) is 16.8 Å². The third kappa shape index (κ3) is 3.58. The highest BCUT2D eigenvalue weighted by Crippen LogP contribution is 2.16. The molecule has 1 aromatic rings. The molecule has 4 heteroatoms. The predicted molar refractivity (Wildman–Crippen MR) is 80.5 cm³/mol. The molecule has 0 spiro atoms. The van der Waals surface area contributed by atoms with Crippen LogP contribution in [-0.4, -0.2) is 61.5 Å². The first-order valence-electron chi connectivity index (χ1n) is 7.31. The van der Waals surface area contributed by atoms with E-state index in [4.69, 9.17) is 4.74 Å². The number of nitrogens with zero attached hydrogens (tertiary/aromatic N) is 2. The van der Waals surface area contributed by atoms with E-state index in [9.17, 15) is 4.79 Å². The van der Waals surface area contributed by atoms with Crippen LogP contribution in [0.1, 0.15) is 24.2 Å². The summed E-state index contributed by atoms with van der Waals surface area (Å²) in [6, 6.07) is 7.40. The van der Waals surface area contributed by atoms with Gasteiger partial charge < -0.3 is 9.64 Å². The quantitative estimate of drug-likeness (QED) is 0.769. The Balaban J connectivity index is 1.99. The lowest BCUT2D eigenvalue weighted by molar-refractivity contribution is 0.0738. The standard InChI is InChI=1S/C16H24N2O2/c1-4-20-15-7-5-14(6-8-15)16(19)13(2)18-11-9-17(3)10-12-18/h5-8,13H,4,9-12H2,1-3H3/t13-/m1/s1. The molecular formula is C16H24N2O2. The van der Waals surface area contributed by atoms with E-state index in [1.165, 1.54) is 0 Å². The second-order valence-corrected chi connectivity index (χ2v) is 5.34. The number of benzene rings is 1. The van der Waals surface area contributed by atoms with Crippen LogP contribution in [0.2, 0.25) is 0 Å². The zero-order chi connectivity index (χ0) is 14.5. The van der Waals surface area contributed by atoms with E-state index in [-0.39, 0.29) is 11.8 Å². The van der Waals surface area contributed by atoms with Crippen molar-refractivity contribution in [2.24, 2.45) is 0 Å². The van der Waals surface area contributed by atoms with Gasteiger partial charge >= 0.3 is 0 Å². The minimum absolute atomic E-state index is 0.0540. The number of hydrogen-bond donors (Lipinski definition) is 0. The lowest BCUT2D eigenvalue weighted by Crippen LogP contribution is -2.50. The Labute approximate surface area is 121 Å². The van der Waals surface area contributed by atoms with Crippen LogP contribution in [0.3, 0.4) is 0 Å². The molecule has 0 N–H and O–H groups in total. The van der Waals surface area contributed by atoms with Crippen LogP contribution in [-0.2, 0) is 0 Å². The number of ketones is 1. The molecule has 2 rings (SSSR count). The molecule has 0 unspecified atom stereocenters. The first-order valence-corrected chi connectivity index (χ1v) is 7.31. The van der Waals surface area contributed by atoms with Crippen molar-refractivity contribution in [1.82, 2.24) is 9.80 Å². The van der Waals surface area contributed by atoms with Gasteiger partial charge in [0.05, 0.1) is 12.6 Å². The Morgan fingerprint density at radius 1 is 1.20 bits per heavy atom. The lowest BCUT2D eigenvalue weighted by atomic mass is 10.0. The molecule has 1 aliphatic heterocycles. The van der Waals surface area contributed by atoms with Gasteiger partial charge in [-0.1, -0.05) is 0 Å². The molecule has 1 heterocycles. The number of piperazine rings is 1. The zero-order valence-electron chi connectivity index (χ0n) is 12.6. The van der Waals surface area contributed by atoms with Crippen molar-refractivity contribution in [3.05, 3.63) is 29.8 Å². The molecule has 1 aromatic carbocycles. The third-order valence-corrected chi connectivity index (χ3v) is 3.91. The molecule has 0 radical (unpaired) electrons. The van der Waals surface area contributed by atoms with Gasteiger partial charge in [0.2, 0.25) is 0 Å². The molecule has 0 saturated carbocycles. The first kappa shape index (κ1) is 15.0. The third-order valence-electron chi connectivity index (χ3n) is 3.91. The van der Waals surface area contributed by atoms with E-state index < -0.39 is 0 Å². The van der Waals surface area contributed by atoms with Crippen LogP contribution < -0.4 is 4.74 Å². The summed E-state index contributed by atoms with van der Waals surface area (Å²) < 4.78 is 5.40. The van der Waals surface area contributed by atoms with Crippen molar-refractivity contribution < 1.29 is 9.53 Å². The maximum absolute atomic E-state index is 12.5. The molecular weight excluding hydrogens is 252 g/mol. The normalized spacial score (nSPS) is 18.8. The summed E-state index contributed by atoms with van der Waals surface area (Å²) in [5, 5.41) is 0. The molecule has 0 amide bonds. The maximum atomic E-state index is 12.5. The van der Waals surface area contributed by atoms with Gasteiger partial charge in [-0.05, 0) is 45.2 Å². The highest BCUT2D eigenvalue weighted by atomic mass is 16.5. The number of hydrogen-bond acceptors (Lipinski definition) is 4. The van der Waals surface area contributed by atoms with Crippen molar-refractivity contribution in [3.63, 3.8) is 0 Å². The van der Waals surface area contributed by atoms with Gasteiger partial charge in [0, 0.05) is 31.7 Å². The molecule has 1 aliphatic rings. The molecule has 4 nitrogen and oxygen atoms in total. The van der Waals surface area contributed by atoms with Gasteiger partial charge in [-0.2, -0.15) is 0 Å². The molecule has 1 saturated heterocycles. The summed E-state index contributed by atoms with van der Waals surface area (Å²) >= 11 is 0. The Bertz CT molecular complexity index is 436. The highest BCUT2D eigenvalue weighted by molar-refractivity contribution is 5.99. The average Bonchev–Trinajstić information content (AvgIpc) is 2.48. The smallest absolute Gasteiger partial charge is 0.179 e. The zero-order valence-corrected chi connectivity index (χ0v) is 12.6. The van der Waals surface area contributed by atoms with Crippen molar-refractivity contribution in [1.29, 1.82) is 0 Å². The van der Waals surface area contributed by atoms with Crippen molar-refractivity contribution in [3.8, 4) is 5.75 Å². The van der Waals surface area contributed by atoms with Crippen LogP contribution in [0.15, 0.2) is 24.3 Å². The second kappa shape index (κ2) is 6.86. The number of carbonyl (C=O) groups is 1. The van der Waals surface area contributed by atoms with Gasteiger partial charge in [0.25, 0.3) is 0 Å². The molecule has 110 valence electrons. The van der Waals surface area contributed by atoms with Gasteiger partial charge in [-0.15, -0.1) is 0 Å². The van der Waals surface area contributed by atoms with E-state index in [0.717, 1.165) is 37.5 Å². The number of carbonyl (C=O) groups excluding carboxylic acids is 1. The van der Waals surface area contributed by atoms with Crippen molar-refractivity contribution in [2.45, 2.75) is 19.9 Å². The van der Waals surface area contributed by atoms with Crippen molar-refractivity contribution in [2.75, 3.05) is 39.8 Å². The minimum Gasteiger partial charge on any atom is -0.494 e. The fourth-order valence-electron chi connectivity index (χ4n) is 2.50. The Hall–Kier alpha value is -1.39. The van der Waals surface area contributed by atoms with E-state index >= 15 is 0 Å². The topological polar surface area (TPSA) is 32.8 Å². The average molecular weight is 276 g/mol. The Morgan fingerprint density at radius 2 is 1.80 bits per heavy atom. The number of Topliss-reactive ketones (excluding diaryl/α,β-unsaturated/α-hetero) is 1. The van der Waals surface area contributed by atoms with E-state index in [1.807, 2.05) is 38.1 Å². The summed E-state index contributed by atoms with van der Waals surface area (Å²) in [4.78, 5) is 17.1. The summed E-state index contributed by atoms with van der Waals surface area (Å²) in [6.45, 7) is 8.58. The fourth-order valence-corrected chi connectivity index (χ4v) is 2.50. The number of likely N-dealkylation sites (N-methyl/N-ethyl adjacent to an activating group) is 1. The van der Waals surface area contributed by atoms with Gasteiger partial charge in [-0.25, -0.2) is 0 Å². The van der Waals surface area contributed by atoms with E-state index in [0.29, 0.717) is 6.61 Å².